The van der Waals surface area contributed by atoms with Crippen molar-refractivity contribution in [2.75, 3.05) is 0 Å². The van der Waals surface area contributed by atoms with Crippen LogP contribution in [0.4, 0.5) is 8.78 Å². The lowest BCUT2D eigenvalue weighted by molar-refractivity contribution is -0.0923. The molecule has 0 unspecified atom stereocenters. The van der Waals surface area contributed by atoms with Crippen LogP contribution < -0.4 is 0 Å². The van der Waals surface area contributed by atoms with Crippen LogP contribution in [0.5, 0.6) is 0 Å². The Morgan fingerprint density at radius 2 is 2.17 bits per heavy atom. The average Bonchev–Trinajstić information content (AvgIpc) is 2.70. The van der Waals surface area contributed by atoms with E-state index in [1.807, 2.05) is 0 Å². The highest BCUT2D eigenvalue weighted by Crippen LogP contribution is 2.32. The van der Waals surface area contributed by atoms with E-state index >= 15 is 0 Å². The number of hydrogen-bond acceptors (Lipinski definition) is 1. The van der Waals surface area contributed by atoms with Crippen molar-refractivity contribution in [1.82, 2.24) is 0 Å². The molecule has 3 heteroatoms. The Kier molecular flexibility index (Phi) is 3.26. The lowest BCUT2D eigenvalue weighted by Gasteiger charge is -2.03. The fourth-order valence-corrected chi connectivity index (χ4v) is 0.896. The van der Waals surface area contributed by atoms with E-state index in [1.165, 1.54) is 0 Å². The highest BCUT2D eigenvalue weighted by molar-refractivity contribution is 5.14. The second-order valence-corrected chi connectivity index (χ2v) is 2.78. The Morgan fingerprint density at radius 3 is 2.58 bits per heavy atom. The number of hydrogen-bond donors (Lipinski definition) is 0. The van der Waals surface area contributed by atoms with Crippen molar-refractivity contribution in [3.8, 4) is 0 Å². The standard InChI is InChI=1S/C9H12F2O/c1-2-3-8(12-9(10)11)6-7-4-5-7/h2-3,6-7,9H,4-5H2,1H3/b3-2-,8-6+. The molecular weight excluding hydrogens is 162 g/mol. The maximum absolute atomic E-state index is 11.8. The van der Waals surface area contributed by atoms with Gasteiger partial charge in [-0.3, -0.25) is 0 Å². The molecule has 0 aliphatic heterocycles. The summed E-state index contributed by atoms with van der Waals surface area (Å²) < 4.78 is 27.8. The molecule has 0 aromatic carbocycles. The lowest BCUT2D eigenvalue weighted by Crippen LogP contribution is -1.97. The third-order valence-electron chi connectivity index (χ3n) is 1.58. The second-order valence-electron chi connectivity index (χ2n) is 2.78. The molecule has 1 saturated carbocycles. The number of rotatable bonds is 4. The molecule has 0 saturated heterocycles. The van der Waals surface area contributed by atoms with E-state index in [-0.39, 0.29) is 5.76 Å². The first-order valence-corrected chi connectivity index (χ1v) is 4.01. The van der Waals surface area contributed by atoms with E-state index in [0.717, 1.165) is 12.8 Å². The zero-order valence-electron chi connectivity index (χ0n) is 6.97. The van der Waals surface area contributed by atoms with Crippen LogP contribution in [0.25, 0.3) is 0 Å². The molecule has 0 aromatic heterocycles. The van der Waals surface area contributed by atoms with Crippen molar-refractivity contribution >= 4 is 0 Å². The van der Waals surface area contributed by atoms with Gasteiger partial charge in [0.15, 0.2) is 0 Å². The van der Waals surface area contributed by atoms with Crippen molar-refractivity contribution in [2.24, 2.45) is 5.92 Å². The van der Waals surface area contributed by atoms with Crippen LogP contribution in [0.3, 0.4) is 0 Å². The van der Waals surface area contributed by atoms with Crippen molar-refractivity contribution < 1.29 is 13.5 Å². The molecular formula is C9H12F2O. The summed E-state index contributed by atoms with van der Waals surface area (Å²) in [6.07, 6.45) is 7.19. The molecule has 68 valence electrons. The summed E-state index contributed by atoms with van der Waals surface area (Å²) in [5, 5.41) is 0. The Hall–Kier alpha value is -0.860. The van der Waals surface area contributed by atoms with Gasteiger partial charge in [0.25, 0.3) is 0 Å². The van der Waals surface area contributed by atoms with Crippen LogP contribution in [0, 0.1) is 5.92 Å². The topological polar surface area (TPSA) is 9.23 Å². The van der Waals surface area contributed by atoms with E-state index < -0.39 is 6.61 Å². The van der Waals surface area contributed by atoms with E-state index in [0.29, 0.717) is 5.92 Å². The maximum atomic E-state index is 11.8. The summed E-state index contributed by atoms with van der Waals surface area (Å²) in [7, 11) is 0. The van der Waals surface area contributed by atoms with Crippen LogP contribution in [-0.2, 0) is 4.74 Å². The Balaban J connectivity index is 2.47. The fraction of sp³-hybridized carbons (Fsp3) is 0.556. The Bertz CT molecular complexity index is 193. The third-order valence-corrected chi connectivity index (χ3v) is 1.58. The van der Waals surface area contributed by atoms with E-state index in [4.69, 9.17) is 0 Å². The molecule has 1 nitrogen and oxygen atoms in total. The first-order valence-electron chi connectivity index (χ1n) is 4.01. The maximum Gasteiger partial charge on any atom is 0.387 e. The molecule has 1 aliphatic carbocycles. The van der Waals surface area contributed by atoms with Gasteiger partial charge in [0.05, 0.1) is 0 Å². The number of halogens is 2. The van der Waals surface area contributed by atoms with Crippen LogP contribution in [0.15, 0.2) is 24.0 Å². The molecule has 1 fully saturated rings. The summed E-state index contributed by atoms with van der Waals surface area (Å²) >= 11 is 0. The Labute approximate surface area is 70.7 Å². The fourth-order valence-electron chi connectivity index (χ4n) is 0.896. The van der Waals surface area contributed by atoms with Gasteiger partial charge >= 0.3 is 6.61 Å². The van der Waals surface area contributed by atoms with E-state index in [1.54, 1.807) is 25.2 Å². The first kappa shape index (κ1) is 9.23. The van der Waals surface area contributed by atoms with Gasteiger partial charge in [-0.1, -0.05) is 6.08 Å². The average molecular weight is 174 g/mol. The monoisotopic (exact) mass is 174 g/mol. The number of ether oxygens (including phenoxy) is 1. The number of alkyl halides is 2. The van der Waals surface area contributed by atoms with Crippen LogP contribution >= 0.6 is 0 Å². The van der Waals surface area contributed by atoms with Gasteiger partial charge < -0.3 is 4.74 Å². The molecule has 0 atom stereocenters. The zero-order chi connectivity index (χ0) is 8.97. The van der Waals surface area contributed by atoms with Crippen molar-refractivity contribution in [2.45, 2.75) is 26.4 Å². The van der Waals surface area contributed by atoms with Crippen LogP contribution in [-0.4, -0.2) is 6.61 Å². The first-order chi connectivity index (χ1) is 5.72. The van der Waals surface area contributed by atoms with Crippen LogP contribution in [0.1, 0.15) is 19.8 Å². The van der Waals surface area contributed by atoms with Gasteiger partial charge in [-0.25, -0.2) is 0 Å². The minimum absolute atomic E-state index is 0.287. The molecule has 0 heterocycles. The molecule has 0 bridgehead atoms. The summed E-state index contributed by atoms with van der Waals surface area (Å²) in [6, 6.07) is 0. The van der Waals surface area contributed by atoms with E-state index in [9.17, 15) is 8.78 Å². The molecule has 1 aliphatic rings. The van der Waals surface area contributed by atoms with Crippen molar-refractivity contribution in [3.05, 3.63) is 24.0 Å². The molecule has 0 N–H and O–H groups in total. The second kappa shape index (κ2) is 4.24. The predicted molar refractivity (Wildman–Crippen MR) is 42.7 cm³/mol. The molecule has 1 rings (SSSR count). The highest BCUT2D eigenvalue weighted by atomic mass is 19.3. The van der Waals surface area contributed by atoms with Gasteiger partial charge in [-0.2, -0.15) is 8.78 Å². The molecule has 12 heavy (non-hydrogen) atoms. The molecule has 0 amide bonds. The molecule has 0 aromatic rings. The SMILES string of the molecule is C/C=C\C(=C/C1CC1)OC(F)F. The van der Waals surface area contributed by atoms with Crippen LogP contribution in [0.2, 0.25) is 0 Å². The van der Waals surface area contributed by atoms with E-state index in [2.05, 4.69) is 4.74 Å². The Morgan fingerprint density at radius 1 is 1.50 bits per heavy atom. The number of allylic oxidation sites excluding steroid dienone is 3. The zero-order valence-corrected chi connectivity index (χ0v) is 6.97. The molecule has 0 spiro atoms. The minimum atomic E-state index is -2.72. The van der Waals surface area contributed by atoms with Gasteiger partial charge in [-0.15, -0.1) is 0 Å². The molecule has 0 radical (unpaired) electrons. The summed E-state index contributed by atoms with van der Waals surface area (Å²) in [4.78, 5) is 0. The van der Waals surface area contributed by atoms with Crippen molar-refractivity contribution in [1.29, 1.82) is 0 Å². The lowest BCUT2D eigenvalue weighted by atomic mass is 10.3. The van der Waals surface area contributed by atoms with Gasteiger partial charge in [0, 0.05) is 0 Å². The largest absolute Gasteiger partial charge is 0.435 e. The normalized spacial score (nSPS) is 19.2. The summed E-state index contributed by atoms with van der Waals surface area (Å²) in [6.45, 7) is -0.943. The quantitative estimate of drug-likeness (QED) is 0.470. The third kappa shape index (κ3) is 3.51. The van der Waals surface area contributed by atoms with Gasteiger partial charge in [0.1, 0.15) is 5.76 Å². The van der Waals surface area contributed by atoms with Crippen molar-refractivity contribution in [3.63, 3.8) is 0 Å². The smallest absolute Gasteiger partial charge is 0.387 e. The van der Waals surface area contributed by atoms with Gasteiger partial charge in [0.2, 0.25) is 0 Å². The minimum Gasteiger partial charge on any atom is -0.435 e. The predicted octanol–water partition coefficient (Wildman–Crippen LogP) is 3.10. The highest BCUT2D eigenvalue weighted by Gasteiger charge is 2.20. The summed E-state index contributed by atoms with van der Waals surface area (Å²) in [5.41, 5.74) is 0. The van der Waals surface area contributed by atoms with Gasteiger partial charge in [-0.05, 0) is 37.8 Å². The summed E-state index contributed by atoms with van der Waals surface area (Å²) in [5.74, 6) is 0.741.